The van der Waals surface area contributed by atoms with Crippen LogP contribution in [-0.2, 0) is 10.0 Å². The van der Waals surface area contributed by atoms with Gasteiger partial charge in [-0.25, -0.2) is 27.0 Å². The number of benzene rings is 1. The molecule has 1 aromatic heterocycles. The number of aromatic carboxylic acids is 1. The van der Waals surface area contributed by atoms with Crippen LogP contribution in [-0.4, -0.2) is 55.0 Å². The quantitative estimate of drug-likeness (QED) is 0.855. The highest BCUT2D eigenvalue weighted by atomic mass is 32.2. The standard InChI is InChI=1S/C14H13F2N3O4S2/c15-9-2-1-3-10(16)12(9)25(22,23)19-6-4-18(5-7-19)14-17-11(8-24-14)13(20)21/h1-3,8H,4-7H2,(H,20,21). The zero-order valence-electron chi connectivity index (χ0n) is 12.7. The van der Waals surface area contributed by atoms with E-state index in [1.54, 1.807) is 4.90 Å². The van der Waals surface area contributed by atoms with E-state index in [0.29, 0.717) is 5.13 Å². The number of carboxylic acids is 1. The van der Waals surface area contributed by atoms with Gasteiger partial charge in [0, 0.05) is 31.6 Å². The smallest absolute Gasteiger partial charge is 0.355 e. The summed E-state index contributed by atoms with van der Waals surface area (Å²) >= 11 is 1.14. The van der Waals surface area contributed by atoms with Crippen LogP contribution in [0.3, 0.4) is 0 Å². The van der Waals surface area contributed by atoms with Crippen molar-refractivity contribution in [3.63, 3.8) is 0 Å². The lowest BCUT2D eigenvalue weighted by atomic mass is 10.3. The number of carbonyl (C=O) groups is 1. The van der Waals surface area contributed by atoms with E-state index in [9.17, 15) is 22.0 Å². The van der Waals surface area contributed by atoms with E-state index in [1.807, 2.05) is 0 Å². The van der Waals surface area contributed by atoms with Gasteiger partial charge in [-0.05, 0) is 12.1 Å². The van der Waals surface area contributed by atoms with Crippen molar-refractivity contribution in [2.45, 2.75) is 4.90 Å². The number of hydrogen-bond acceptors (Lipinski definition) is 6. The summed E-state index contributed by atoms with van der Waals surface area (Å²) in [7, 11) is -4.29. The van der Waals surface area contributed by atoms with Gasteiger partial charge in [-0.1, -0.05) is 6.07 Å². The normalized spacial score (nSPS) is 16.2. The molecule has 0 amide bonds. The molecule has 25 heavy (non-hydrogen) atoms. The molecule has 1 aliphatic heterocycles. The molecule has 7 nitrogen and oxygen atoms in total. The fourth-order valence-electron chi connectivity index (χ4n) is 2.49. The number of nitrogens with zero attached hydrogens (tertiary/aromatic N) is 3. The minimum atomic E-state index is -4.29. The first-order valence-electron chi connectivity index (χ1n) is 7.18. The monoisotopic (exact) mass is 389 g/mol. The molecule has 1 aromatic carbocycles. The maximum atomic E-state index is 13.8. The van der Waals surface area contributed by atoms with Crippen molar-refractivity contribution in [1.29, 1.82) is 0 Å². The van der Waals surface area contributed by atoms with Crippen LogP contribution in [0.1, 0.15) is 10.5 Å². The summed E-state index contributed by atoms with van der Waals surface area (Å²) in [6, 6.07) is 2.90. The Kier molecular flexibility index (Phi) is 4.71. The van der Waals surface area contributed by atoms with Gasteiger partial charge in [0.2, 0.25) is 10.0 Å². The summed E-state index contributed by atoms with van der Waals surface area (Å²) in [5.74, 6) is -3.40. The lowest BCUT2D eigenvalue weighted by molar-refractivity contribution is 0.0691. The molecule has 2 heterocycles. The fourth-order valence-corrected chi connectivity index (χ4v) is 4.87. The minimum Gasteiger partial charge on any atom is -0.476 e. The molecular formula is C14H13F2N3O4S2. The van der Waals surface area contributed by atoms with Crippen molar-refractivity contribution in [2.75, 3.05) is 31.1 Å². The number of halogens is 2. The van der Waals surface area contributed by atoms with Gasteiger partial charge < -0.3 is 10.0 Å². The first kappa shape index (κ1) is 17.7. The Balaban J connectivity index is 1.76. The number of carboxylic acid groups (broad SMARTS) is 1. The lowest BCUT2D eigenvalue weighted by Crippen LogP contribution is -2.49. The predicted octanol–water partition coefficient (Wildman–Crippen LogP) is 1.63. The highest BCUT2D eigenvalue weighted by Gasteiger charge is 2.33. The van der Waals surface area contributed by atoms with Crippen LogP contribution in [0.5, 0.6) is 0 Å². The Morgan fingerprint density at radius 1 is 1.16 bits per heavy atom. The van der Waals surface area contributed by atoms with Gasteiger partial charge in [-0.3, -0.25) is 0 Å². The highest BCUT2D eigenvalue weighted by Crippen LogP contribution is 2.26. The number of aromatic nitrogens is 1. The second-order valence-corrected chi connectivity index (χ2v) is 7.97. The maximum Gasteiger partial charge on any atom is 0.355 e. The minimum absolute atomic E-state index is 0.0120. The van der Waals surface area contributed by atoms with Crippen molar-refractivity contribution in [1.82, 2.24) is 9.29 Å². The van der Waals surface area contributed by atoms with Crippen molar-refractivity contribution in [3.8, 4) is 0 Å². The summed E-state index contributed by atoms with van der Waals surface area (Å²) in [6.07, 6.45) is 0. The summed E-state index contributed by atoms with van der Waals surface area (Å²) < 4.78 is 53.6. The van der Waals surface area contributed by atoms with Gasteiger partial charge in [0.1, 0.15) is 11.6 Å². The molecular weight excluding hydrogens is 376 g/mol. The molecule has 11 heteroatoms. The Morgan fingerprint density at radius 3 is 2.28 bits per heavy atom. The SMILES string of the molecule is O=C(O)c1csc(N2CCN(S(=O)(=O)c3c(F)cccc3F)CC2)n1. The molecule has 3 rings (SSSR count). The van der Waals surface area contributed by atoms with Crippen LogP contribution in [0.25, 0.3) is 0 Å². The molecule has 1 saturated heterocycles. The van der Waals surface area contributed by atoms with E-state index in [-0.39, 0.29) is 31.9 Å². The summed E-state index contributed by atoms with van der Waals surface area (Å²) in [6.45, 7) is 0.500. The van der Waals surface area contributed by atoms with Gasteiger partial charge in [0.05, 0.1) is 0 Å². The number of sulfonamides is 1. The lowest BCUT2D eigenvalue weighted by Gasteiger charge is -2.33. The number of hydrogen-bond donors (Lipinski definition) is 1. The number of thiazole rings is 1. The Morgan fingerprint density at radius 2 is 1.76 bits per heavy atom. The third-order valence-corrected chi connectivity index (χ3v) is 6.59. The van der Waals surface area contributed by atoms with Gasteiger partial charge in [-0.2, -0.15) is 4.31 Å². The van der Waals surface area contributed by atoms with Crippen LogP contribution in [0.4, 0.5) is 13.9 Å². The van der Waals surface area contributed by atoms with Crippen LogP contribution in [0.2, 0.25) is 0 Å². The molecule has 0 radical (unpaired) electrons. The predicted molar refractivity (Wildman–Crippen MR) is 86.4 cm³/mol. The number of anilines is 1. The van der Waals surface area contributed by atoms with E-state index in [1.165, 1.54) is 5.38 Å². The molecule has 0 saturated carbocycles. The molecule has 1 N–H and O–H groups in total. The van der Waals surface area contributed by atoms with Crippen molar-refractivity contribution in [2.24, 2.45) is 0 Å². The van der Waals surface area contributed by atoms with E-state index >= 15 is 0 Å². The summed E-state index contributed by atoms with van der Waals surface area (Å²) in [5, 5.41) is 10.8. The second-order valence-electron chi connectivity index (χ2n) is 5.26. The Hall–Kier alpha value is -2.11. The molecule has 1 aliphatic rings. The maximum absolute atomic E-state index is 13.8. The fraction of sp³-hybridized carbons (Fsp3) is 0.286. The van der Waals surface area contributed by atoms with E-state index in [4.69, 9.17) is 5.11 Å². The van der Waals surface area contributed by atoms with E-state index in [0.717, 1.165) is 33.8 Å². The van der Waals surface area contributed by atoms with Gasteiger partial charge >= 0.3 is 5.97 Å². The van der Waals surface area contributed by atoms with Crippen molar-refractivity contribution >= 4 is 32.5 Å². The zero-order chi connectivity index (χ0) is 18.2. The highest BCUT2D eigenvalue weighted by molar-refractivity contribution is 7.89. The van der Waals surface area contributed by atoms with Crippen LogP contribution >= 0.6 is 11.3 Å². The van der Waals surface area contributed by atoms with Gasteiger partial charge in [0.25, 0.3) is 0 Å². The van der Waals surface area contributed by atoms with E-state index in [2.05, 4.69) is 4.98 Å². The molecule has 0 unspecified atom stereocenters. The second kappa shape index (κ2) is 6.65. The molecule has 1 fully saturated rings. The van der Waals surface area contributed by atoms with Crippen molar-refractivity contribution in [3.05, 3.63) is 40.9 Å². The average Bonchev–Trinajstić information content (AvgIpc) is 3.05. The van der Waals surface area contributed by atoms with Crippen LogP contribution < -0.4 is 4.90 Å². The summed E-state index contributed by atoms with van der Waals surface area (Å²) in [5.41, 5.74) is -0.0801. The third kappa shape index (κ3) is 3.34. The van der Waals surface area contributed by atoms with Crippen molar-refractivity contribution < 1.29 is 27.1 Å². The molecule has 0 spiro atoms. The average molecular weight is 389 g/mol. The zero-order valence-corrected chi connectivity index (χ0v) is 14.4. The molecule has 0 bridgehead atoms. The first-order chi connectivity index (χ1) is 11.8. The number of rotatable bonds is 4. The molecule has 0 atom stereocenters. The molecule has 2 aromatic rings. The Labute approximate surface area is 146 Å². The van der Waals surface area contributed by atoms with Crippen LogP contribution in [0.15, 0.2) is 28.5 Å². The van der Waals surface area contributed by atoms with Crippen LogP contribution in [0, 0.1) is 11.6 Å². The molecule has 0 aliphatic carbocycles. The number of piperazine rings is 1. The van der Waals surface area contributed by atoms with Gasteiger partial charge in [-0.15, -0.1) is 11.3 Å². The molecule has 134 valence electrons. The third-order valence-electron chi connectivity index (χ3n) is 3.74. The van der Waals surface area contributed by atoms with Gasteiger partial charge in [0.15, 0.2) is 15.7 Å². The first-order valence-corrected chi connectivity index (χ1v) is 9.50. The largest absolute Gasteiger partial charge is 0.476 e. The topological polar surface area (TPSA) is 90.8 Å². The summed E-state index contributed by atoms with van der Waals surface area (Å²) in [4.78, 5) is 15.6. The van der Waals surface area contributed by atoms with E-state index < -0.39 is 32.5 Å². The Bertz CT molecular complexity index is 888.